The topological polar surface area (TPSA) is 26.0 Å². The van der Waals surface area contributed by atoms with E-state index in [4.69, 9.17) is 5.73 Å². The van der Waals surface area contributed by atoms with Crippen LogP contribution in [0.3, 0.4) is 0 Å². The first kappa shape index (κ1) is 9.20. The lowest BCUT2D eigenvalue weighted by Crippen LogP contribution is -1.83. The highest BCUT2D eigenvalue weighted by Gasteiger charge is 1.91. The second-order valence-corrected chi connectivity index (χ2v) is 3.55. The van der Waals surface area contributed by atoms with Crippen LogP contribution in [0.2, 0.25) is 0 Å². The summed E-state index contributed by atoms with van der Waals surface area (Å²) in [4.78, 5) is 1.23. The van der Waals surface area contributed by atoms with Crippen molar-refractivity contribution in [1.82, 2.24) is 0 Å². The minimum absolute atomic E-state index is 0.834. The van der Waals surface area contributed by atoms with Crippen molar-refractivity contribution in [3.05, 3.63) is 36.4 Å². The summed E-state index contributed by atoms with van der Waals surface area (Å²) in [5.41, 5.74) is 6.47. The van der Waals surface area contributed by atoms with E-state index in [-0.39, 0.29) is 0 Å². The number of hydrogen-bond acceptors (Lipinski definition) is 2. The lowest BCUT2D eigenvalue weighted by molar-refractivity contribution is 1.46. The van der Waals surface area contributed by atoms with Gasteiger partial charge in [-0.1, -0.05) is 18.2 Å². The van der Waals surface area contributed by atoms with Crippen LogP contribution in [0.15, 0.2) is 41.3 Å². The Morgan fingerprint density at radius 3 is 3.00 bits per heavy atom. The molecule has 0 radical (unpaired) electrons. The molecule has 0 aliphatic rings. The van der Waals surface area contributed by atoms with E-state index < -0.39 is 0 Å². The molecule has 2 heteroatoms. The molecule has 1 rings (SSSR count). The van der Waals surface area contributed by atoms with Gasteiger partial charge in [-0.3, -0.25) is 0 Å². The van der Waals surface area contributed by atoms with Gasteiger partial charge in [-0.25, -0.2) is 0 Å². The Morgan fingerprint density at radius 1 is 1.50 bits per heavy atom. The molecule has 0 atom stereocenters. The first-order chi connectivity index (χ1) is 5.83. The van der Waals surface area contributed by atoms with Crippen LogP contribution in [-0.2, 0) is 0 Å². The smallest absolute Gasteiger partial charge is 0.0325 e. The van der Waals surface area contributed by atoms with Gasteiger partial charge in [-0.2, -0.15) is 0 Å². The Bertz CT molecular complexity index is 268. The summed E-state index contributed by atoms with van der Waals surface area (Å²) < 4.78 is 0. The van der Waals surface area contributed by atoms with Crippen molar-refractivity contribution in [3.8, 4) is 0 Å². The van der Waals surface area contributed by atoms with Crippen molar-refractivity contribution in [2.75, 3.05) is 11.5 Å². The van der Waals surface area contributed by atoms with Gasteiger partial charge in [-0.05, 0) is 25.1 Å². The second kappa shape index (κ2) is 4.88. The Labute approximate surface area is 77.7 Å². The number of anilines is 1. The molecular formula is C10H13NS. The summed E-state index contributed by atoms with van der Waals surface area (Å²) in [6.07, 6.45) is 4.19. The molecule has 0 heterocycles. The summed E-state index contributed by atoms with van der Waals surface area (Å²) in [5.74, 6) is 1.01. The fourth-order valence-electron chi connectivity index (χ4n) is 0.845. The predicted molar refractivity (Wildman–Crippen MR) is 56.4 cm³/mol. The Balaban J connectivity index is 2.52. The van der Waals surface area contributed by atoms with Gasteiger partial charge in [0.1, 0.15) is 0 Å². The van der Waals surface area contributed by atoms with Crippen LogP contribution in [0.25, 0.3) is 0 Å². The fourth-order valence-corrected chi connectivity index (χ4v) is 1.72. The molecular weight excluding hydrogens is 166 g/mol. The zero-order valence-corrected chi connectivity index (χ0v) is 7.97. The van der Waals surface area contributed by atoms with E-state index in [1.54, 1.807) is 11.8 Å². The van der Waals surface area contributed by atoms with Gasteiger partial charge in [-0.15, -0.1) is 11.8 Å². The van der Waals surface area contributed by atoms with Gasteiger partial charge in [0.05, 0.1) is 0 Å². The molecule has 1 aromatic carbocycles. The normalized spacial score (nSPS) is 10.8. The molecule has 12 heavy (non-hydrogen) atoms. The van der Waals surface area contributed by atoms with Crippen LogP contribution in [0.5, 0.6) is 0 Å². The van der Waals surface area contributed by atoms with Gasteiger partial charge in [0.25, 0.3) is 0 Å². The summed E-state index contributed by atoms with van der Waals surface area (Å²) in [7, 11) is 0. The third-order valence-electron chi connectivity index (χ3n) is 1.44. The van der Waals surface area contributed by atoms with E-state index in [2.05, 4.69) is 18.2 Å². The van der Waals surface area contributed by atoms with Crippen LogP contribution in [-0.4, -0.2) is 5.75 Å². The van der Waals surface area contributed by atoms with Gasteiger partial charge >= 0.3 is 0 Å². The van der Waals surface area contributed by atoms with Crippen molar-refractivity contribution in [3.63, 3.8) is 0 Å². The Hall–Kier alpha value is -0.890. The highest BCUT2D eigenvalue weighted by atomic mass is 32.2. The van der Waals surface area contributed by atoms with Crippen molar-refractivity contribution in [1.29, 1.82) is 0 Å². The third kappa shape index (κ3) is 3.01. The highest BCUT2D eigenvalue weighted by molar-refractivity contribution is 7.99. The quantitative estimate of drug-likeness (QED) is 0.438. The highest BCUT2D eigenvalue weighted by Crippen LogP contribution is 2.19. The van der Waals surface area contributed by atoms with Crippen LogP contribution < -0.4 is 5.73 Å². The minimum atomic E-state index is 0.834. The number of allylic oxidation sites excluding steroid dienone is 1. The molecule has 0 saturated carbocycles. The van der Waals surface area contributed by atoms with E-state index in [9.17, 15) is 0 Å². The van der Waals surface area contributed by atoms with Crippen molar-refractivity contribution in [2.24, 2.45) is 0 Å². The minimum Gasteiger partial charge on any atom is -0.399 e. The maximum absolute atomic E-state index is 5.63. The van der Waals surface area contributed by atoms with Crippen molar-refractivity contribution >= 4 is 17.4 Å². The molecule has 0 spiro atoms. The number of hydrogen-bond donors (Lipinski definition) is 1. The zero-order chi connectivity index (χ0) is 8.81. The SMILES string of the molecule is CC=CCSc1cccc(N)c1. The number of nitrogen functional groups attached to an aromatic ring is 1. The first-order valence-electron chi connectivity index (χ1n) is 3.92. The molecule has 0 aromatic heterocycles. The average molecular weight is 179 g/mol. The molecule has 0 amide bonds. The lowest BCUT2D eigenvalue weighted by atomic mass is 10.3. The van der Waals surface area contributed by atoms with Gasteiger partial charge in [0.2, 0.25) is 0 Å². The standard InChI is InChI=1S/C10H13NS/c1-2-3-7-12-10-6-4-5-9(11)8-10/h2-6,8H,7,11H2,1H3. The Morgan fingerprint density at radius 2 is 2.33 bits per heavy atom. The zero-order valence-electron chi connectivity index (χ0n) is 7.16. The van der Waals surface area contributed by atoms with E-state index in [1.807, 2.05) is 25.1 Å². The van der Waals surface area contributed by atoms with Gasteiger partial charge < -0.3 is 5.73 Å². The summed E-state index contributed by atoms with van der Waals surface area (Å²) >= 11 is 1.79. The molecule has 0 bridgehead atoms. The van der Waals surface area contributed by atoms with E-state index in [1.165, 1.54) is 4.90 Å². The number of benzene rings is 1. The summed E-state index contributed by atoms with van der Waals surface area (Å²) in [6, 6.07) is 7.95. The fraction of sp³-hybridized carbons (Fsp3) is 0.200. The molecule has 0 aliphatic carbocycles. The molecule has 1 aromatic rings. The average Bonchev–Trinajstić information content (AvgIpc) is 2.05. The molecule has 0 aliphatic heterocycles. The predicted octanol–water partition coefficient (Wildman–Crippen LogP) is 2.94. The monoisotopic (exact) mass is 179 g/mol. The molecule has 0 saturated heterocycles. The largest absolute Gasteiger partial charge is 0.399 e. The van der Waals surface area contributed by atoms with Gasteiger partial charge in [0.15, 0.2) is 0 Å². The van der Waals surface area contributed by atoms with Crippen LogP contribution in [0.1, 0.15) is 6.92 Å². The molecule has 2 N–H and O–H groups in total. The lowest BCUT2D eigenvalue weighted by Gasteiger charge is -1.98. The second-order valence-electron chi connectivity index (χ2n) is 2.45. The Kier molecular flexibility index (Phi) is 3.74. The third-order valence-corrected chi connectivity index (χ3v) is 2.39. The van der Waals surface area contributed by atoms with Crippen LogP contribution in [0.4, 0.5) is 5.69 Å². The molecule has 0 fully saturated rings. The van der Waals surface area contributed by atoms with Crippen LogP contribution in [0, 0.1) is 0 Å². The van der Waals surface area contributed by atoms with Crippen molar-refractivity contribution < 1.29 is 0 Å². The molecule has 1 nitrogen and oxygen atoms in total. The van der Waals surface area contributed by atoms with E-state index in [0.29, 0.717) is 0 Å². The van der Waals surface area contributed by atoms with Gasteiger partial charge in [0, 0.05) is 16.3 Å². The summed E-state index contributed by atoms with van der Waals surface area (Å²) in [6.45, 7) is 2.03. The van der Waals surface area contributed by atoms with E-state index >= 15 is 0 Å². The van der Waals surface area contributed by atoms with E-state index in [0.717, 1.165) is 11.4 Å². The maximum atomic E-state index is 5.63. The molecule has 64 valence electrons. The van der Waals surface area contributed by atoms with Crippen molar-refractivity contribution in [2.45, 2.75) is 11.8 Å². The summed E-state index contributed by atoms with van der Waals surface area (Å²) in [5, 5.41) is 0. The first-order valence-corrected chi connectivity index (χ1v) is 4.91. The molecule has 0 unspecified atom stereocenters. The number of nitrogens with two attached hydrogens (primary N) is 1. The number of rotatable bonds is 3. The maximum Gasteiger partial charge on any atom is 0.0325 e. The van der Waals surface area contributed by atoms with Crippen LogP contribution >= 0.6 is 11.8 Å². The number of thioether (sulfide) groups is 1.